The van der Waals surface area contributed by atoms with Gasteiger partial charge >= 0.3 is 0 Å². The van der Waals surface area contributed by atoms with Crippen molar-refractivity contribution < 1.29 is 8.42 Å². The zero-order chi connectivity index (χ0) is 14.3. The Morgan fingerprint density at radius 3 is 2.65 bits per heavy atom. The van der Waals surface area contributed by atoms with E-state index in [0.717, 1.165) is 6.07 Å². The molecule has 2 aromatic heterocycles. The van der Waals surface area contributed by atoms with Crippen molar-refractivity contribution in [2.75, 3.05) is 0 Å². The second-order valence-corrected chi connectivity index (χ2v) is 7.55. The molecular formula is C12H7ClN2O3S2. The molecule has 5 nitrogen and oxygen atoms in total. The van der Waals surface area contributed by atoms with Gasteiger partial charge in [0.25, 0.3) is 15.6 Å². The molecular weight excluding hydrogens is 320 g/mol. The lowest BCUT2D eigenvalue weighted by Crippen LogP contribution is -2.21. The van der Waals surface area contributed by atoms with E-state index in [9.17, 15) is 13.2 Å². The maximum Gasteiger partial charge on any atom is 0.281 e. The third-order valence-corrected chi connectivity index (χ3v) is 5.95. The van der Waals surface area contributed by atoms with Crippen LogP contribution in [0.25, 0.3) is 10.9 Å². The molecule has 0 saturated heterocycles. The van der Waals surface area contributed by atoms with Crippen LogP contribution in [0.2, 0.25) is 4.34 Å². The number of hydrogen-bond acceptors (Lipinski definition) is 5. The molecule has 0 spiro atoms. The number of halogens is 1. The van der Waals surface area contributed by atoms with Crippen LogP contribution in [0.15, 0.2) is 52.3 Å². The van der Waals surface area contributed by atoms with Gasteiger partial charge in [0, 0.05) is 17.6 Å². The van der Waals surface area contributed by atoms with Crippen LogP contribution in [-0.4, -0.2) is 16.8 Å². The highest BCUT2D eigenvalue weighted by Crippen LogP contribution is 2.24. The molecule has 8 heteroatoms. The Morgan fingerprint density at radius 2 is 1.95 bits per heavy atom. The molecule has 2 heterocycles. The summed E-state index contributed by atoms with van der Waals surface area (Å²) >= 11 is 6.37. The molecule has 3 rings (SSSR count). The van der Waals surface area contributed by atoms with Crippen LogP contribution in [0.4, 0.5) is 0 Å². The lowest BCUT2D eigenvalue weighted by atomic mass is 10.2. The summed E-state index contributed by atoms with van der Waals surface area (Å²) in [5, 5.41) is 0.685. The Hall–Kier alpha value is -1.70. The van der Waals surface area contributed by atoms with Crippen LogP contribution in [0.3, 0.4) is 0 Å². The molecule has 20 heavy (non-hydrogen) atoms. The molecule has 0 aliphatic carbocycles. The molecule has 0 fully saturated rings. The molecule has 1 aromatic carbocycles. The fraction of sp³-hybridized carbons (Fsp3) is 0. The predicted molar refractivity (Wildman–Crippen MR) is 77.9 cm³/mol. The van der Waals surface area contributed by atoms with Crippen molar-refractivity contribution in [1.82, 2.24) is 8.35 Å². The van der Waals surface area contributed by atoms with E-state index in [0.29, 0.717) is 25.8 Å². The summed E-state index contributed by atoms with van der Waals surface area (Å²) in [6.45, 7) is 0. The number of para-hydroxylation sites is 1. The van der Waals surface area contributed by atoms with Gasteiger partial charge < -0.3 is 0 Å². The molecule has 0 atom stereocenters. The summed E-state index contributed by atoms with van der Waals surface area (Å²) in [5.41, 5.74) is -0.348. The number of fused-ring (bicyclic) bond motifs is 1. The van der Waals surface area contributed by atoms with Gasteiger partial charge in [-0.3, -0.25) is 9.78 Å². The highest BCUT2D eigenvalue weighted by Gasteiger charge is 2.23. The predicted octanol–water partition coefficient (Wildman–Crippen LogP) is 2.35. The Bertz CT molecular complexity index is 955. The van der Waals surface area contributed by atoms with E-state index < -0.39 is 15.6 Å². The largest absolute Gasteiger partial charge is 0.281 e. The molecule has 0 N–H and O–H groups in total. The Balaban J connectivity index is 2.35. The summed E-state index contributed by atoms with van der Waals surface area (Å²) in [4.78, 5) is 15.8. The van der Waals surface area contributed by atoms with E-state index in [1.54, 1.807) is 24.3 Å². The van der Waals surface area contributed by atoms with Gasteiger partial charge in [0.1, 0.15) is 9.23 Å². The van der Waals surface area contributed by atoms with Gasteiger partial charge in [-0.25, -0.2) is 0 Å². The minimum atomic E-state index is -4.00. The van der Waals surface area contributed by atoms with Crippen LogP contribution in [0.1, 0.15) is 0 Å². The number of benzene rings is 1. The summed E-state index contributed by atoms with van der Waals surface area (Å²) in [6, 6.07) is 9.33. The average molecular weight is 327 g/mol. The average Bonchev–Trinajstić information content (AvgIpc) is 2.78. The maximum absolute atomic E-state index is 12.6. The van der Waals surface area contributed by atoms with Gasteiger partial charge in [-0.2, -0.15) is 8.42 Å². The second-order valence-electron chi connectivity index (χ2n) is 3.94. The van der Waals surface area contributed by atoms with Crippen LogP contribution in [0, 0.1) is 0 Å². The molecule has 0 bridgehead atoms. The summed E-state index contributed by atoms with van der Waals surface area (Å²) in [6.07, 6.45) is 1.51. The van der Waals surface area contributed by atoms with E-state index in [1.165, 1.54) is 12.3 Å². The van der Waals surface area contributed by atoms with Gasteiger partial charge in [-0.05, 0) is 23.7 Å². The molecule has 0 saturated carbocycles. The van der Waals surface area contributed by atoms with Crippen LogP contribution in [-0.2, 0) is 10.0 Å². The number of pyridine rings is 1. The molecule has 3 aromatic rings. The maximum atomic E-state index is 12.6. The first-order valence-corrected chi connectivity index (χ1v) is 8.07. The molecule has 0 amide bonds. The van der Waals surface area contributed by atoms with Crippen molar-refractivity contribution in [2.24, 2.45) is 0 Å². The van der Waals surface area contributed by atoms with Gasteiger partial charge in [0.15, 0.2) is 0 Å². The molecule has 102 valence electrons. The third kappa shape index (κ3) is 2.04. The van der Waals surface area contributed by atoms with E-state index in [2.05, 4.69) is 4.98 Å². The zero-order valence-electron chi connectivity index (χ0n) is 9.86. The number of rotatable bonds is 2. The Kier molecular flexibility index (Phi) is 3.12. The fourth-order valence-corrected chi connectivity index (χ4v) is 4.73. The van der Waals surface area contributed by atoms with E-state index in [-0.39, 0.29) is 9.23 Å². The topological polar surface area (TPSA) is 69.0 Å². The standard InChI is InChI=1S/C12H7ClN2O3S2/c13-10-7-11(16)15(19-10)20(17,18)9-5-1-3-8-4-2-6-14-12(8)9/h1-7H. The zero-order valence-corrected chi connectivity index (χ0v) is 12.2. The van der Waals surface area contributed by atoms with E-state index in [1.807, 2.05) is 0 Å². The number of hydrogen-bond donors (Lipinski definition) is 0. The molecule has 0 aliphatic heterocycles. The van der Waals surface area contributed by atoms with Crippen LogP contribution < -0.4 is 5.56 Å². The number of aromatic nitrogens is 2. The second kappa shape index (κ2) is 4.69. The Labute approximate surface area is 123 Å². The van der Waals surface area contributed by atoms with E-state index in [4.69, 9.17) is 11.6 Å². The highest BCUT2D eigenvalue weighted by atomic mass is 35.5. The van der Waals surface area contributed by atoms with Crippen molar-refractivity contribution >= 4 is 44.1 Å². The minimum absolute atomic E-state index is 0.0174. The fourth-order valence-electron chi connectivity index (χ4n) is 1.84. The minimum Gasteiger partial charge on any atom is -0.267 e. The molecule has 0 radical (unpaired) electrons. The van der Waals surface area contributed by atoms with Crippen molar-refractivity contribution in [3.05, 3.63) is 57.3 Å². The first-order chi connectivity index (χ1) is 9.50. The molecule has 0 unspecified atom stereocenters. The first-order valence-electron chi connectivity index (χ1n) is 5.48. The van der Waals surface area contributed by atoms with Gasteiger partial charge in [0.05, 0.1) is 5.52 Å². The van der Waals surface area contributed by atoms with Crippen molar-refractivity contribution in [2.45, 2.75) is 4.90 Å². The molecule has 0 aliphatic rings. The van der Waals surface area contributed by atoms with Crippen molar-refractivity contribution in [3.63, 3.8) is 0 Å². The SMILES string of the molecule is O=c1cc(Cl)sn1S(=O)(=O)c1cccc2cccnc12. The lowest BCUT2D eigenvalue weighted by Gasteiger charge is -2.06. The summed E-state index contributed by atoms with van der Waals surface area (Å²) in [5.74, 6) is 0. The normalized spacial score (nSPS) is 11.8. The number of nitrogens with zero attached hydrogens (tertiary/aromatic N) is 2. The van der Waals surface area contributed by atoms with Crippen molar-refractivity contribution in [3.8, 4) is 0 Å². The quantitative estimate of drug-likeness (QED) is 0.725. The first kappa shape index (κ1) is 13.3. The van der Waals surface area contributed by atoms with Gasteiger partial charge in [0.2, 0.25) is 0 Å². The van der Waals surface area contributed by atoms with Crippen LogP contribution in [0.5, 0.6) is 0 Å². The Morgan fingerprint density at radius 1 is 1.20 bits per heavy atom. The third-order valence-electron chi connectivity index (χ3n) is 2.68. The smallest absolute Gasteiger partial charge is 0.267 e. The lowest BCUT2D eigenvalue weighted by molar-refractivity contribution is 0.590. The van der Waals surface area contributed by atoms with Crippen molar-refractivity contribution in [1.29, 1.82) is 0 Å². The van der Waals surface area contributed by atoms with Crippen LogP contribution >= 0.6 is 23.1 Å². The monoisotopic (exact) mass is 326 g/mol. The summed E-state index contributed by atoms with van der Waals surface area (Å²) in [7, 11) is -4.00. The van der Waals surface area contributed by atoms with E-state index >= 15 is 0 Å². The van der Waals surface area contributed by atoms with Gasteiger partial charge in [-0.1, -0.05) is 29.8 Å². The van der Waals surface area contributed by atoms with Gasteiger partial charge in [-0.15, -0.1) is 3.36 Å². The highest BCUT2D eigenvalue weighted by molar-refractivity contribution is 7.91. The summed E-state index contributed by atoms with van der Waals surface area (Å²) < 4.78 is 25.9.